The first kappa shape index (κ1) is 14.4. The lowest BCUT2D eigenvalue weighted by molar-refractivity contribution is 0.444. The van der Waals surface area contributed by atoms with Gasteiger partial charge in [0.05, 0.1) is 0 Å². The fourth-order valence-electron chi connectivity index (χ4n) is 3.30. The molecule has 106 valence electrons. The van der Waals surface area contributed by atoms with Gasteiger partial charge in [-0.3, -0.25) is 0 Å². The SMILES string of the molecule is CCCc1ccccc1NC1CCCC(CC)CC1. The minimum atomic E-state index is 0.689. The molecule has 1 aliphatic rings. The van der Waals surface area contributed by atoms with E-state index in [2.05, 4.69) is 43.4 Å². The van der Waals surface area contributed by atoms with E-state index >= 15 is 0 Å². The number of para-hydroxylation sites is 1. The first-order chi connectivity index (χ1) is 9.33. The lowest BCUT2D eigenvalue weighted by atomic mass is 9.97. The molecule has 1 nitrogen and oxygen atoms in total. The molecule has 1 aromatic rings. The lowest BCUT2D eigenvalue weighted by Gasteiger charge is -2.20. The van der Waals surface area contributed by atoms with Gasteiger partial charge in [0.25, 0.3) is 0 Å². The van der Waals surface area contributed by atoms with Crippen molar-refractivity contribution < 1.29 is 0 Å². The van der Waals surface area contributed by atoms with Crippen LogP contribution in [0, 0.1) is 5.92 Å². The molecule has 0 amide bonds. The van der Waals surface area contributed by atoms with Crippen molar-refractivity contribution in [2.75, 3.05) is 5.32 Å². The third kappa shape index (κ3) is 4.26. The van der Waals surface area contributed by atoms with Crippen LogP contribution < -0.4 is 5.32 Å². The van der Waals surface area contributed by atoms with Gasteiger partial charge < -0.3 is 5.32 Å². The summed E-state index contributed by atoms with van der Waals surface area (Å²) in [6, 6.07) is 9.54. The topological polar surface area (TPSA) is 12.0 Å². The molecular weight excluding hydrogens is 230 g/mol. The third-order valence-corrected chi connectivity index (χ3v) is 4.56. The average molecular weight is 259 g/mol. The van der Waals surface area contributed by atoms with Gasteiger partial charge in [0.2, 0.25) is 0 Å². The maximum absolute atomic E-state index is 3.82. The van der Waals surface area contributed by atoms with Crippen molar-refractivity contribution in [2.24, 2.45) is 5.92 Å². The first-order valence-corrected chi connectivity index (χ1v) is 8.18. The van der Waals surface area contributed by atoms with E-state index in [0.717, 1.165) is 5.92 Å². The first-order valence-electron chi connectivity index (χ1n) is 8.18. The molecule has 0 saturated heterocycles. The Morgan fingerprint density at radius 2 is 1.89 bits per heavy atom. The lowest BCUT2D eigenvalue weighted by Crippen LogP contribution is -2.19. The van der Waals surface area contributed by atoms with Gasteiger partial charge in [-0.2, -0.15) is 0 Å². The van der Waals surface area contributed by atoms with Crippen molar-refractivity contribution in [2.45, 2.75) is 71.3 Å². The van der Waals surface area contributed by atoms with Crippen molar-refractivity contribution in [1.82, 2.24) is 0 Å². The molecule has 1 saturated carbocycles. The van der Waals surface area contributed by atoms with Gasteiger partial charge >= 0.3 is 0 Å². The van der Waals surface area contributed by atoms with Crippen molar-refractivity contribution in [1.29, 1.82) is 0 Å². The number of aryl methyl sites for hydroxylation is 1. The smallest absolute Gasteiger partial charge is 0.0374 e. The second kappa shape index (κ2) is 7.57. The van der Waals surface area contributed by atoms with Gasteiger partial charge in [0, 0.05) is 11.7 Å². The van der Waals surface area contributed by atoms with E-state index in [1.165, 1.54) is 62.6 Å². The molecule has 0 heterocycles. The summed E-state index contributed by atoms with van der Waals surface area (Å²) >= 11 is 0. The van der Waals surface area contributed by atoms with E-state index in [-0.39, 0.29) is 0 Å². The Morgan fingerprint density at radius 3 is 2.68 bits per heavy atom. The summed E-state index contributed by atoms with van der Waals surface area (Å²) in [4.78, 5) is 0. The molecule has 0 aromatic heterocycles. The second-order valence-electron chi connectivity index (χ2n) is 6.03. The number of benzene rings is 1. The Morgan fingerprint density at radius 1 is 1.05 bits per heavy atom. The Balaban J connectivity index is 1.96. The molecule has 1 N–H and O–H groups in total. The minimum absolute atomic E-state index is 0.689. The normalized spacial score (nSPS) is 23.9. The van der Waals surface area contributed by atoms with E-state index in [1.807, 2.05) is 0 Å². The Hall–Kier alpha value is -0.980. The van der Waals surface area contributed by atoms with Crippen LogP contribution in [0.2, 0.25) is 0 Å². The average Bonchev–Trinajstić information content (AvgIpc) is 2.66. The molecule has 2 unspecified atom stereocenters. The maximum Gasteiger partial charge on any atom is 0.0374 e. The van der Waals surface area contributed by atoms with E-state index in [9.17, 15) is 0 Å². The Bertz CT molecular complexity index is 372. The Labute approximate surface area is 118 Å². The highest BCUT2D eigenvalue weighted by atomic mass is 14.9. The number of hydrogen-bond donors (Lipinski definition) is 1. The van der Waals surface area contributed by atoms with Crippen LogP contribution in [0.3, 0.4) is 0 Å². The van der Waals surface area contributed by atoms with Gasteiger partial charge in [-0.15, -0.1) is 0 Å². The minimum Gasteiger partial charge on any atom is -0.382 e. The predicted molar refractivity (Wildman–Crippen MR) is 84.7 cm³/mol. The summed E-state index contributed by atoms with van der Waals surface area (Å²) in [6.07, 6.45) is 10.7. The van der Waals surface area contributed by atoms with Crippen LogP contribution in [0.5, 0.6) is 0 Å². The number of nitrogens with one attached hydrogen (secondary N) is 1. The van der Waals surface area contributed by atoms with E-state index in [1.54, 1.807) is 0 Å². The van der Waals surface area contributed by atoms with Gasteiger partial charge in [-0.25, -0.2) is 0 Å². The highest BCUT2D eigenvalue weighted by Crippen LogP contribution is 2.28. The molecule has 0 radical (unpaired) electrons. The fourth-order valence-corrected chi connectivity index (χ4v) is 3.30. The molecule has 1 fully saturated rings. The molecular formula is C18H29N. The van der Waals surface area contributed by atoms with Gasteiger partial charge in [-0.05, 0) is 43.2 Å². The van der Waals surface area contributed by atoms with Crippen molar-refractivity contribution >= 4 is 5.69 Å². The molecule has 1 aromatic carbocycles. The summed E-state index contributed by atoms with van der Waals surface area (Å²) in [5.74, 6) is 0.970. The molecule has 0 spiro atoms. The largest absolute Gasteiger partial charge is 0.382 e. The van der Waals surface area contributed by atoms with Crippen molar-refractivity contribution in [3.05, 3.63) is 29.8 Å². The van der Waals surface area contributed by atoms with E-state index in [0.29, 0.717) is 6.04 Å². The molecule has 1 aliphatic carbocycles. The van der Waals surface area contributed by atoms with Crippen molar-refractivity contribution in [3.63, 3.8) is 0 Å². The summed E-state index contributed by atoms with van der Waals surface area (Å²) in [6.45, 7) is 4.60. The number of rotatable bonds is 5. The van der Waals surface area contributed by atoms with Crippen molar-refractivity contribution in [3.8, 4) is 0 Å². The summed E-state index contributed by atoms with van der Waals surface area (Å²) in [5, 5.41) is 3.82. The molecule has 1 heteroatoms. The highest BCUT2D eigenvalue weighted by Gasteiger charge is 2.18. The number of anilines is 1. The second-order valence-corrected chi connectivity index (χ2v) is 6.03. The zero-order chi connectivity index (χ0) is 13.5. The monoisotopic (exact) mass is 259 g/mol. The van der Waals surface area contributed by atoms with Crippen LogP contribution in [-0.4, -0.2) is 6.04 Å². The van der Waals surface area contributed by atoms with Gasteiger partial charge in [0.15, 0.2) is 0 Å². The van der Waals surface area contributed by atoms with E-state index < -0.39 is 0 Å². The zero-order valence-electron chi connectivity index (χ0n) is 12.6. The summed E-state index contributed by atoms with van der Waals surface area (Å²) in [5.41, 5.74) is 2.87. The molecule has 0 bridgehead atoms. The molecule has 2 atom stereocenters. The quantitative estimate of drug-likeness (QED) is 0.697. The van der Waals surface area contributed by atoms with E-state index in [4.69, 9.17) is 0 Å². The zero-order valence-corrected chi connectivity index (χ0v) is 12.6. The Kier molecular flexibility index (Phi) is 5.75. The van der Waals surface area contributed by atoms with Gasteiger partial charge in [0.1, 0.15) is 0 Å². The van der Waals surface area contributed by atoms with Crippen LogP contribution >= 0.6 is 0 Å². The maximum atomic E-state index is 3.82. The molecule has 2 rings (SSSR count). The fraction of sp³-hybridized carbons (Fsp3) is 0.667. The standard InChI is InChI=1S/C18H29N/c1-3-8-16-10-5-6-12-18(16)19-17-11-7-9-15(4-2)13-14-17/h5-6,10,12,15,17,19H,3-4,7-9,11,13-14H2,1-2H3. The number of hydrogen-bond acceptors (Lipinski definition) is 1. The highest BCUT2D eigenvalue weighted by molar-refractivity contribution is 5.51. The summed E-state index contributed by atoms with van der Waals surface area (Å²) in [7, 11) is 0. The van der Waals surface area contributed by atoms with Crippen LogP contribution in [0.25, 0.3) is 0 Å². The van der Waals surface area contributed by atoms with Crippen LogP contribution in [-0.2, 0) is 6.42 Å². The molecule has 19 heavy (non-hydrogen) atoms. The predicted octanol–water partition coefficient (Wildman–Crippen LogP) is 5.41. The third-order valence-electron chi connectivity index (χ3n) is 4.56. The van der Waals surface area contributed by atoms with Crippen LogP contribution in [0.4, 0.5) is 5.69 Å². The van der Waals surface area contributed by atoms with Gasteiger partial charge in [-0.1, -0.05) is 57.7 Å². The van der Waals surface area contributed by atoms with Crippen LogP contribution in [0.15, 0.2) is 24.3 Å². The summed E-state index contributed by atoms with van der Waals surface area (Å²) < 4.78 is 0. The molecule has 0 aliphatic heterocycles. The van der Waals surface area contributed by atoms with Crippen LogP contribution in [0.1, 0.15) is 64.4 Å².